The van der Waals surface area contributed by atoms with Crippen LogP contribution in [0.4, 0.5) is 5.82 Å². The first kappa shape index (κ1) is 14.1. The minimum absolute atomic E-state index is 0.119. The lowest BCUT2D eigenvalue weighted by molar-refractivity contribution is -0.116. The highest BCUT2D eigenvalue weighted by Crippen LogP contribution is 2.12. The summed E-state index contributed by atoms with van der Waals surface area (Å²) in [4.78, 5) is 24.2. The molecular weight excluding hydrogens is 282 g/mol. The highest BCUT2D eigenvalue weighted by molar-refractivity contribution is 5.89. The third kappa shape index (κ3) is 2.52. The molecule has 7 heteroatoms. The number of hydrogen-bond donors (Lipinski definition) is 1. The van der Waals surface area contributed by atoms with Crippen molar-refractivity contribution in [3.8, 4) is 0 Å². The van der Waals surface area contributed by atoms with E-state index in [0.29, 0.717) is 12.4 Å². The third-order valence-electron chi connectivity index (χ3n) is 3.60. The van der Waals surface area contributed by atoms with Crippen LogP contribution in [0.25, 0.3) is 11.0 Å². The van der Waals surface area contributed by atoms with E-state index in [9.17, 15) is 9.59 Å². The zero-order valence-corrected chi connectivity index (χ0v) is 12.5. The first-order valence-corrected chi connectivity index (χ1v) is 7.00. The molecule has 1 N–H and O–H groups in total. The molecule has 0 aliphatic carbocycles. The monoisotopic (exact) mass is 299 g/mol. The van der Waals surface area contributed by atoms with E-state index < -0.39 is 0 Å². The summed E-state index contributed by atoms with van der Waals surface area (Å²) < 4.78 is 4.82. The van der Waals surface area contributed by atoms with E-state index in [-0.39, 0.29) is 18.0 Å². The lowest BCUT2D eigenvalue weighted by Crippen LogP contribution is -2.24. The number of carbonyl (C=O) groups is 1. The average Bonchev–Trinajstić information content (AvgIpc) is 3.01. The van der Waals surface area contributed by atoms with Gasteiger partial charge in [0.15, 0.2) is 5.82 Å². The quantitative estimate of drug-likeness (QED) is 0.784. The summed E-state index contributed by atoms with van der Waals surface area (Å²) in [5, 5.41) is 6.80. The van der Waals surface area contributed by atoms with Crippen molar-refractivity contribution >= 4 is 22.8 Å². The Morgan fingerprint density at radius 2 is 1.91 bits per heavy atom. The number of carbonyl (C=O) groups excluding carboxylic acids is 1. The number of aromatic nitrogens is 4. The molecule has 0 saturated heterocycles. The Morgan fingerprint density at radius 1 is 1.18 bits per heavy atom. The molecule has 0 bridgehead atoms. The predicted molar refractivity (Wildman–Crippen MR) is 83.6 cm³/mol. The minimum atomic E-state index is -0.168. The Hall–Kier alpha value is -2.83. The van der Waals surface area contributed by atoms with Crippen LogP contribution in [-0.2, 0) is 25.4 Å². The standard InChI is InChI=1S/C15H17N5O2/c1-18-9-7-13(17-18)16-14(21)8-10-20-12-6-4-3-5-11(12)19(2)15(20)22/h3-7,9H,8,10H2,1-2H3,(H,16,17,21). The fourth-order valence-electron chi connectivity index (χ4n) is 2.48. The van der Waals surface area contributed by atoms with E-state index in [0.717, 1.165) is 11.0 Å². The van der Waals surface area contributed by atoms with E-state index >= 15 is 0 Å². The van der Waals surface area contributed by atoms with Gasteiger partial charge >= 0.3 is 5.69 Å². The Balaban J connectivity index is 1.75. The Labute approximate surface area is 126 Å². The summed E-state index contributed by atoms with van der Waals surface area (Å²) >= 11 is 0. The molecule has 3 rings (SSSR count). The maximum absolute atomic E-state index is 12.2. The summed E-state index contributed by atoms with van der Waals surface area (Å²) in [5.74, 6) is 0.344. The molecule has 0 aliphatic heterocycles. The predicted octanol–water partition coefficient (Wildman–Crippen LogP) is 1.10. The minimum Gasteiger partial charge on any atom is -0.309 e. The fraction of sp³-hybridized carbons (Fsp3) is 0.267. The summed E-state index contributed by atoms with van der Waals surface area (Å²) in [5.41, 5.74) is 1.57. The molecule has 114 valence electrons. The number of rotatable bonds is 4. The van der Waals surface area contributed by atoms with Crippen LogP contribution >= 0.6 is 0 Å². The van der Waals surface area contributed by atoms with Crippen LogP contribution in [0.3, 0.4) is 0 Å². The van der Waals surface area contributed by atoms with Gasteiger partial charge in [0.2, 0.25) is 5.91 Å². The molecule has 0 radical (unpaired) electrons. The fourth-order valence-corrected chi connectivity index (χ4v) is 2.48. The van der Waals surface area contributed by atoms with Gasteiger partial charge in [0.05, 0.1) is 11.0 Å². The lowest BCUT2D eigenvalue weighted by atomic mass is 10.3. The summed E-state index contributed by atoms with van der Waals surface area (Å²) in [6.45, 7) is 0.332. The molecule has 2 aromatic heterocycles. The second-order valence-electron chi connectivity index (χ2n) is 5.15. The smallest absolute Gasteiger partial charge is 0.309 e. The zero-order valence-electron chi connectivity index (χ0n) is 12.5. The van der Waals surface area contributed by atoms with Crippen LogP contribution in [0.5, 0.6) is 0 Å². The highest BCUT2D eigenvalue weighted by atomic mass is 16.2. The summed E-state index contributed by atoms with van der Waals surface area (Å²) in [7, 11) is 3.51. The zero-order chi connectivity index (χ0) is 15.7. The number of hydrogen-bond acceptors (Lipinski definition) is 3. The second kappa shape index (κ2) is 5.51. The molecule has 0 atom stereocenters. The Bertz CT molecular complexity index is 887. The topological polar surface area (TPSA) is 73.8 Å². The van der Waals surface area contributed by atoms with Crippen molar-refractivity contribution in [1.82, 2.24) is 18.9 Å². The van der Waals surface area contributed by atoms with Crippen LogP contribution in [0.15, 0.2) is 41.3 Å². The first-order chi connectivity index (χ1) is 10.6. The molecule has 0 fully saturated rings. The van der Waals surface area contributed by atoms with Crippen LogP contribution < -0.4 is 11.0 Å². The van der Waals surface area contributed by atoms with Crippen molar-refractivity contribution in [2.24, 2.45) is 14.1 Å². The van der Waals surface area contributed by atoms with Crippen molar-refractivity contribution in [3.05, 3.63) is 47.0 Å². The molecule has 2 heterocycles. The number of nitrogens with one attached hydrogen (secondary N) is 1. The van der Waals surface area contributed by atoms with Gasteiger partial charge in [0.25, 0.3) is 0 Å². The van der Waals surface area contributed by atoms with Crippen LogP contribution in [-0.4, -0.2) is 24.8 Å². The Kier molecular flexibility index (Phi) is 3.54. The lowest BCUT2D eigenvalue weighted by Gasteiger charge is -2.04. The van der Waals surface area contributed by atoms with Crippen molar-refractivity contribution in [2.45, 2.75) is 13.0 Å². The molecule has 1 amide bonds. The van der Waals surface area contributed by atoms with Gasteiger partial charge in [-0.2, -0.15) is 5.10 Å². The van der Waals surface area contributed by atoms with Crippen LogP contribution in [0.2, 0.25) is 0 Å². The molecule has 0 unspecified atom stereocenters. The van der Waals surface area contributed by atoms with Gasteiger partial charge in [-0.05, 0) is 12.1 Å². The van der Waals surface area contributed by atoms with E-state index in [4.69, 9.17) is 0 Å². The molecule has 0 spiro atoms. The first-order valence-electron chi connectivity index (χ1n) is 7.00. The van der Waals surface area contributed by atoms with Gasteiger partial charge in [0, 0.05) is 39.3 Å². The van der Waals surface area contributed by atoms with Crippen LogP contribution in [0, 0.1) is 0 Å². The average molecular weight is 299 g/mol. The number of para-hydroxylation sites is 2. The summed E-state index contributed by atoms with van der Waals surface area (Å²) in [6.07, 6.45) is 1.97. The second-order valence-corrected chi connectivity index (χ2v) is 5.15. The number of amides is 1. The number of benzene rings is 1. The number of imidazole rings is 1. The van der Waals surface area contributed by atoms with Crippen molar-refractivity contribution in [3.63, 3.8) is 0 Å². The number of aryl methyl sites for hydroxylation is 3. The molecule has 3 aromatic rings. The third-order valence-corrected chi connectivity index (χ3v) is 3.60. The molecule has 1 aromatic carbocycles. The van der Waals surface area contributed by atoms with E-state index in [2.05, 4.69) is 10.4 Å². The number of anilines is 1. The maximum Gasteiger partial charge on any atom is 0.328 e. The van der Waals surface area contributed by atoms with Crippen LogP contribution in [0.1, 0.15) is 6.42 Å². The molecule has 7 nitrogen and oxygen atoms in total. The van der Waals surface area contributed by atoms with Gasteiger partial charge in [0.1, 0.15) is 0 Å². The molecule has 0 aliphatic rings. The Morgan fingerprint density at radius 3 is 2.59 bits per heavy atom. The van der Waals surface area contributed by atoms with E-state index in [1.54, 1.807) is 40.2 Å². The largest absolute Gasteiger partial charge is 0.328 e. The highest BCUT2D eigenvalue weighted by Gasteiger charge is 2.11. The SMILES string of the molecule is Cn1ccc(NC(=O)CCn2c(=O)n(C)c3ccccc32)n1. The molecule has 0 saturated carbocycles. The number of fused-ring (bicyclic) bond motifs is 1. The molecular formula is C15H17N5O2. The normalized spacial score (nSPS) is 11.0. The molecule has 22 heavy (non-hydrogen) atoms. The van der Waals surface area contributed by atoms with Crippen molar-refractivity contribution < 1.29 is 4.79 Å². The van der Waals surface area contributed by atoms with Crippen molar-refractivity contribution in [2.75, 3.05) is 5.32 Å². The van der Waals surface area contributed by atoms with E-state index in [1.807, 2.05) is 24.3 Å². The van der Waals surface area contributed by atoms with Gasteiger partial charge in [-0.1, -0.05) is 12.1 Å². The van der Waals surface area contributed by atoms with Gasteiger partial charge in [-0.25, -0.2) is 4.79 Å². The van der Waals surface area contributed by atoms with Gasteiger partial charge in [-0.15, -0.1) is 0 Å². The van der Waals surface area contributed by atoms with Gasteiger partial charge in [-0.3, -0.25) is 18.6 Å². The maximum atomic E-state index is 12.2. The van der Waals surface area contributed by atoms with E-state index in [1.165, 1.54) is 0 Å². The van der Waals surface area contributed by atoms with Gasteiger partial charge < -0.3 is 5.32 Å². The summed E-state index contributed by atoms with van der Waals surface area (Å²) in [6, 6.07) is 9.27. The number of nitrogens with zero attached hydrogens (tertiary/aromatic N) is 4. The van der Waals surface area contributed by atoms with Crippen molar-refractivity contribution in [1.29, 1.82) is 0 Å².